The average molecular weight is 410 g/mol. The van der Waals surface area contributed by atoms with Crippen LogP contribution < -0.4 is 5.32 Å². The molecule has 2 aromatic carbocycles. The van der Waals surface area contributed by atoms with Crippen LogP contribution in [0.2, 0.25) is 0 Å². The number of hydrogen-bond donors (Lipinski definition) is 1. The van der Waals surface area contributed by atoms with Crippen molar-refractivity contribution in [3.8, 4) is 11.3 Å². The molecule has 6 nitrogen and oxygen atoms in total. The van der Waals surface area contributed by atoms with Crippen molar-refractivity contribution < 1.29 is 14.1 Å². The summed E-state index contributed by atoms with van der Waals surface area (Å²) in [5.74, 6) is 1.44. The van der Waals surface area contributed by atoms with E-state index in [9.17, 15) is 9.59 Å². The van der Waals surface area contributed by atoms with Crippen molar-refractivity contribution in [3.05, 3.63) is 54.1 Å². The van der Waals surface area contributed by atoms with Crippen molar-refractivity contribution in [2.75, 3.05) is 11.6 Å². The van der Waals surface area contributed by atoms with Gasteiger partial charge in [0.1, 0.15) is 11.6 Å². The first-order chi connectivity index (χ1) is 13.8. The fourth-order valence-corrected chi connectivity index (χ4v) is 4.50. The van der Waals surface area contributed by atoms with Gasteiger partial charge in [-0.15, -0.1) is 11.8 Å². The number of rotatable bonds is 3. The summed E-state index contributed by atoms with van der Waals surface area (Å²) in [4.78, 5) is 27.5. The number of nitrogens with zero attached hydrogens (tertiary/aromatic N) is 2. The van der Waals surface area contributed by atoms with Gasteiger partial charge < -0.3 is 14.7 Å². The lowest BCUT2D eigenvalue weighted by Gasteiger charge is -2.27. The summed E-state index contributed by atoms with van der Waals surface area (Å²) in [6.45, 7) is 5.80. The first-order valence-electron chi connectivity index (χ1n) is 9.49. The van der Waals surface area contributed by atoms with E-state index < -0.39 is 6.04 Å². The van der Waals surface area contributed by atoms with Crippen LogP contribution in [-0.2, 0) is 4.79 Å². The highest BCUT2D eigenvalue weighted by molar-refractivity contribution is 7.99. The Labute approximate surface area is 173 Å². The Hall–Kier alpha value is -2.80. The first kappa shape index (κ1) is 19.5. The van der Waals surface area contributed by atoms with E-state index in [0.29, 0.717) is 28.5 Å². The number of amides is 2. The van der Waals surface area contributed by atoms with Crippen molar-refractivity contribution in [1.29, 1.82) is 0 Å². The molecule has 1 fully saturated rings. The number of thioether (sulfide) groups is 1. The number of aromatic nitrogens is 1. The molecule has 1 aromatic heterocycles. The van der Waals surface area contributed by atoms with E-state index in [4.69, 9.17) is 4.52 Å². The van der Waals surface area contributed by atoms with Crippen LogP contribution in [0, 0.1) is 0 Å². The molecule has 0 bridgehead atoms. The molecule has 4 rings (SSSR count). The van der Waals surface area contributed by atoms with E-state index in [2.05, 4.69) is 10.5 Å². The predicted octanol–water partition coefficient (Wildman–Crippen LogP) is 3.92. The third-order valence-corrected chi connectivity index (χ3v) is 5.72. The molecule has 0 saturated carbocycles. The molecule has 29 heavy (non-hydrogen) atoms. The molecule has 150 valence electrons. The van der Waals surface area contributed by atoms with E-state index in [1.165, 1.54) is 0 Å². The lowest BCUT2D eigenvalue weighted by molar-refractivity contribution is -0.125. The number of carbonyl (C=O) groups excluding carboxylic acids is 2. The second-order valence-electron chi connectivity index (χ2n) is 8.14. The second-order valence-corrected chi connectivity index (χ2v) is 9.14. The van der Waals surface area contributed by atoms with E-state index in [-0.39, 0.29) is 17.4 Å². The van der Waals surface area contributed by atoms with Crippen LogP contribution in [0.4, 0.5) is 0 Å². The maximum absolute atomic E-state index is 13.2. The SMILES string of the molecule is CC(C)(C)NC(=O)C1CSCN1C(=O)c1ccc2noc(-c3ccccc3)c2c1. The van der Waals surface area contributed by atoms with Crippen molar-refractivity contribution in [2.24, 2.45) is 0 Å². The molecular formula is C22H23N3O3S. The largest absolute Gasteiger partial charge is 0.355 e. The predicted molar refractivity (Wildman–Crippen MR) is 115 cm³/mol. The number of nitrogens with one attached hydrogen (secondary N) is 1. The summed E-state index contributed by atoms with van der Waals surface area (Å²) in [5, 5.41) is 7.87. The van der Waals surface area contributed by atoms with Gasteiger partial charge in [0, 0.05) is 22.4 Å². The molecule has 0 radical (unpaired) electrons. The summed E-state index contributed by atoms with van der Waals surface area (Å²) in [6.07, 6.45) is 0. The van der Waals surface area contributed by atoms with Crippen LogP contribution in [0.15, 0.2) is 53.1 Å². The molecule has 2 amide bonds. The van der Waals surface area contributed by atoms with Gasteiger partial charge in [-0.25, -0.2) is 0 Å². The van der Waals surface area contributed by atoms with Gasteiger partial charge in [-0.2, -0.15) is 0 Å². The Morgan fingerprint density at radius 1 is 1.17 bits per heavy atom. The van der Waals surface area contributed by atoms with E-state index in [1.807, 2.05) is 51.1 Å². The molecule has 1 atom stereocenters. The second kappa shape index (κ2) is 7.55. The van der Waals surface area contributed by atoms with Gasteiger partial charge >= 0.3 is 0 Å². The number of benzene rings is 2. The van der Waals surface area contributed by atoms with Crippen LogP contribution in [-0.4, -0.2) is 45.1 Å². The van der Waals surface area contributed by atoms with Crippen LogP contribution >= 0.6 is 11.8 Å². The van der Waals surface area contributed by atoms with Crippen molar-refractivity contribution in [1.82, 2.24) is 15.4 Å². The minimum Gasteiger partial charge on any atom is -0.355 e. The monoisotopic (exact) mass is 409 g/mol. The van der Waals surface area contributed by atoms with Gasteiger partial charge in [0.2, 0.25) is 5.91 Å². The molecule has 2 heterocycles. The molecule has 1 unspecified atom stereocenters. The molecule has 1 saturated heterocycles. The fourth-order valence-electron chi connectivity index (χ4n) is 3.35. The Bertz CT molecular complexity index is 1060. The quantitative estimate of drug-likeness (QED) is 0.710. The molecule has 1 aliphatic heterocycles. The third kappa shape index (κ3) is 4.00. The zero-order valence-electron chi connectivity index (χ0n) is 16.6. The van der Waals surface area contributed by atoms with E-state index in [0.717, 1.165) is 10.9 Å². The van der Waals surface area contributed by atoms with Crippen LogP contribution in [0.5, 0.6) is 0 Å². The Balaban J connectivity index is 1.64. The van der Waals surface area contributed by atoms with Gasteiger partial charge in [-0.3, -0.25) is 9.59 Å². The summed E-state index contributed by atoms with van der Waals surface area (Å²) < 4.78 is 5.53. The summed E-state index contributed by atoms with van der Waals surface area (Å²) in [6, 6.07) is 14.5. The highest BCUT2D eigenvalue weighted by atomic mass is 32.2. The molecule has 0 spiro atoms. The number of hydrogen-bond acceptors (Lipinski definition) is 5. The molecule has 7 heteroatoms. The van der Waals surface area contributed by atoms with Gasteiger partial charge in [-0.1, -0.05) is 35.5 Å². The number of carbonyl (C=O) groups is 2. The molecule has 0 aliphatic carbocycles. The zero-order valence-corrected chi connectivity index (χ0v) is 17.5. The van der Waals surface area contributed by atoms with Crippen LogP contribution in [0.1, 0.15) is 31.1 Å². The topological polar surface area (TPSA) is 75.4 Å². The first-order valence-corrected chi connectivity index (χ1v) is 10.6. The maximum Gasteiger partial charge on any atom is 0.255 e. The van der Waals surface area contributed by atoms with Gasteiger partial charge in [0.25, 0.3) is 5.91 Å². The third-order valence-electron chi connectivity index (χ3n) is 4.70. The van der Waals surface area contributed by atoms with E-state index >= 15 is 0 Å². The molecule has 3 aromatic rings. The van der Waals surface area contributed by atoms with Crippen LogP contribution in [0.25, 0.3) is 22.2 Å². The zero-order chi connectivity index (χ0) is 20.6. The summed E-state index contributed by atoms with van der Waals surface area (Å²) in [7, 11) is 0. The lowest BCUT2D eigenvalue weighted by atomic mass is 10.0. The Morgan fingerprint density at radius 3 is 2.66 bits per heavy atom. The number of fused-ring (bicyclic) bond motifs is 1. The minimum atomic E-state index is -0.474. The van der Waals surface area contributed by atoms with Gasteiger partial charge in [-0.05, 0) is 39.0 Å². The highest BCUT2D eigenvalue weighted by Gasteiger charge is 2.36. The average Bonchev–Trinajstić information content (AvgIpc) is 3.33. The van der Waals surface area contributed by atoms with Crippen molar-refractivity contribution in [3.63, 3.8) is 0 Å². The minimum absolute atomic E-state index is 0.119. The summed E-state index contributed by atoms with van der Waals surface area (Å²) in [5.41, 5.74) is 1.77. The maximum atomic E-state index is 13.2. The lowest BCUT2D eigenvalue weighted by Crippen LogP contribution is -2.52. The molecular weight excluding hydrogens is 386 g/mol. The Morgan fingerprint density at radius 2 is 1.93 bits per heavy atom. The standard InChI is InChI=1S/C22H23N3O3S/c1-22(2,3)23-20(26)18-12-29-13-25(18)21(27)15-9-10-17-16(11-15)19(28-24-17)14-7-5-4-6-8-14/h4-11,18H,12-13H2,1-3H3,(H,23,26). The fraction of sp³-hybridized carbons (Fsp3) is 0.318. The smallest absolute Gasteiger partial charge is 0.255 e. The molecule has 1 N–H and O–H groups in total. The van der Waals surface area contributed by atoms with Crippen molar-refractivity contribution >= 4 is 34.5 Å². The van der Waals surface area contributed by atoms with Crippen LogP contribution in [0.3, 0.4) is 0 Å². The van der Waals surface area contributed by atoms with Crippen molar-refractivity contribution in [2.45, 2.75) is 32.4 Å². The highest BCUT2D eigenvalue weighted by Crippen LogP contribution is 2.30. The van der Waals surface area contributed by atoms with Gasteiger partial charge in [0.05, 0.1) is 11.3 Å². The normalized spacial score (nSPS) is 16.9. The summed E-state index contributed by atoms with van der Waals surface area (Å²) >= 11 is 1.59. The van der Waals surface area contributed by atoms with E-state index in [1.54, 1.807) is 34.9 Å². The Kier molecular flexibility index (Phi) is 5.08. The van der Waals surface area contributed by atoms with Gasteiger partial charge in [0.15, 0.2) is 5.76 Å². The molecule has 1 aliphatic rings.